The number of halogens is 3. The van der Waals surface area contributed by atoms with Crippen molar-refractivity contribution in [2.75, 3.05) is 7.11 Å². The molecule has 0 spiro atoms. The highest BCUT2D eigenvalue weighted by Crippen LogP contribution is 2.37. The van der Waals surface area contributed by atoms with Crippen LogP contribution in [-0.4, -0.2) is 18.2 Å². The Kier molecular flexibility index (Phi) is 7.95. The molecule has 0 bridgehead atoms. The number of benzene rings is 3. The number of amides is 1. The summed E-state index contributed by atoms with van der Waals surface area (Å²) < 4.78 is 13.8. The molecule has 1 aliphatic heterocycles. The third kappa shape index (κ3) is 6.29. The van der Waals surface area contributed by atoms with E-state index in [0.717, 1.165) is 36.0 Å². The SMILES string of the molecule is COc1ccc(N=C2NC(=O)/C(=C\c3cc(Br)c(OCc4ccc(Br)cc4)c(Br)c3)S2)cc1. The van der Waals surface area contributed by atoms with Gasteiger partial charge in [0.1, 0.15) is 18.1 Å². The monoisotopic (exact) mass is 650 g/mol. The molecule has 0 aliphatic carbocycles. The lowest BCUT2D eigenvalue weighted by atomic mass is 10.2. The van der Waals surface area contributed by atoms with Gasteiger partial charge in [0.05, 0.1) is 26.6 Å². The highest BCUT2D eigenvalue weighted by molar-refractivity contribution is 9.11. The average molecular weight is 653 g/mol. The van der Waals surface area contributed by atoms with E-state index in [1.807, 2.05) is 66.7 Å². The molecule has 1 N–H and O–H groups in total. The maximum Gasteiger partial charge on any atom is 0.264 e. The van der Waals surface area contributed by atoms with Crippen LogP contribution >= 0.6 is 59.6 Å². The van der Waals surface area contributed by atoms with Crippen LogP contribution in [0.4, 0.5) is 5.69 Å². The van der Waals surface area contributed by atoms with Crippen molar-refractivity contribution >= 4 is 82.4 Å². The Morgan fingerprint density at radius 1 is 1.00 bits per heavy atom. The van der Waals surface area contributed by atoms with Gasteiger partial charge in [-0.1, -0.05) is 28.1 Å². The first-order valence-electron chi connectivity index (χ1n) is 9.71. The van der Waals surface area contributed by atoms with Crippen LogP contribution in [0.1, 0.15) is 11.1 Å². The molecule has 1 heterocycles. The number of carbonyl (C=O) groups is 1. The molecular weight excluding hydrogens is 636 g/mol. The molecule has 9 heteroatoms. The third-order valence-corrected chi connectivity index (χ3v) is 7.19. The first-order chi connectivity index (χ1) is 15.9. The molecule has 1 amide bonds. The number of amidine groups is 1. The minimum atomic E-state index is -0.185. The second-order valence-corrected chi connectivity index (χ2v) is 10.6. The molecule has 3 aromatic carbocycles. The third-order valence-electron chi connectivity index (χ3n) is 4.57. The largest absolute Gasteiger partial charge is 0.497 e. The first-order valence-corrected chi connectivity index (χ1v) is 12.9. The van der Waals surface area contributed by atoms with Crippen LogP contribution in [0.2, 0.25) is 0 Å². The highest BCUT2D eigenvalue weighted by Gasteiger charge is 2.24. The van der Waals surface area contributed by atoms with E-state index >= 15 is 0 Å². The molecule has 0 aromatic heterocycles. The van der Waals surface area contributed by atoms with E-state index in [4.69, 9.17) is 9.47 Å². The number of carbonyl (C=O) groups excluding carboxylic acids is 1. The quantitative estimate of drug-likeness (QED) is 0.281. The lowest BCUT2D eigenvalue weighted by molar-refractivity contribution is -0.115. The number of hydrogen-bond acceptors (Lipinski definition) is 5. The van der Waals surface area contributed by atoms with Gasteiger partial charge in [0.2, 0.25) is 0 Å². The minimum absolute atomic E-state index is 0.185. The van der Waals surface area contributed by atoms with Crippen molar-refractivity contribution in [2.45, 2.75) is 6.61 Å². The van der Waals surface area contributed by atoms with E-state index in [-0.39, 0.29) is 5.91 Å². The second-order valence-electron chi connectivity index (χ2n) is 6.91. The Morgan fingerprint density at radius 3 is 2.30 bits per heavy atom. The maximum absolute atomic E-state index is 12.4. The zero-order chi connectivity index (χ0) is 23.4. The van der Waals surface area contributed by atoms with Crippen molar-refractivity contribution in [2.24, 2.45) is 4.99 Å². The molecule has 4 rings (SSSR count). The van der Waals surface area contributed by atoms with Crippen LogP contribution in [0, 0.1) is 0 Å². The van der Waals surface area contributed by atoms with Gasteiger partial charge in [-0.05, 0) is 109 Å². The molecule has 33 heavy (non-hydrogen) atoms. The van der Waals surface area contributed by atoms with Gasteiger partial charge < -0.3 is 14.8 Å². The average Bonchev–Trinajstić information content (AvgIpc) is 3.13. The van der Waals surface area contributed by atoms with Gasteiger partial charge in [-0.15, -0.1) is 0 Å². The van der Waals surface area contributed by atoms with Gasteiger partial charge in [0, 0.05) is 4.47 Å². The number of methoxy groups -OCH3 is 1. The molecular formula is C24H17Br3N2O3S. The summed E-state index contributed by atoms with van der Waals surface area (Å²) in [4.78, 5) is 17.5. The van der Waals surface area contributed by atoms with Crippen molar-refractivity contribution in [1.29, 1.82) is 0 Å². The zero-order valence-corrected chi connectivity index (χ0v) is 22.8. The highest BCUT2D eigenvalue weighted by atomic mass is 79.9. The van der Waals surface area contributed by atoms with Crippen molar-refractivity contribution in [1.82, 2.24) is 5.32 Å². The number of nitrogens with one attached hydrogen (secondary N) is 1. The predicted octanol–water partition coefficient (Wildman–Crippen LogP) is 7.45. The summed E-state index contributed by atoms with van der Waals surface area (Å²) >= 11 is 11.9. The van der Waals surface area contributed by atoms with E-state index < -0.39 is 0 Å². The van der Waals surface area contributed by atoms with Gasteiger partial charge in [-0.25, -0.2) is 4.99 Å². The van der Waals surface area contributed by atoms with Crippen LogP contribution in [0.5, 0.6) is 11.5 Å². The number of hydrogen-bond donors (Lipinski definition) is 1. The van der Waals surface area contributed by atoms with Crippen LogP contribution in [0.15, 0.2) is 84.0 Å². The van der Waals surface area contributed by atoms with Crippen LogP contribution in [-0.2, 0) is 11.4 Å². The molecule has 3 aromatic rings. The summed E-state index contributed by atoms with van der Waals surface area (Å²) in [5.41, 5.74) is 2.65. The number of thioether (sulfide) groups is 1. The molecule has 0 saturated carbocycles. The molecule has 1 saturated heterocycles. The summed E-state index contributed by atoms with van der Waals surface area (Å²) in [7, 11) is 1.61. The number of nitrogens with zero attached hydrogens (tertiary/aromatic N) is 1. The normalized spacial score (nSPS) is 15.7. The molecule has 0 atom stereocenters. The first kappa shape index (κ1) is 24.1. The van der Waals surface area contributed by atoms with E-state index in [0.29, 0.717) is 22.4 Å². The van der Waals surface area contributed by atoms with E-state index in [1.165, 1.54) is 11.8 Å². The lowest BCUT2D eigenvalue weighted by Crippen LogP contribution is -2.19. The van der Waals surface area contributed by atoms with Crippen LogP contribution in [0.25, 0.3) is 6.08 Å². The fraction of sp³-hybridized carbons (Fsp3) is 0.0833. The second kappa shape index (κ2) is 10.9. The molecule has 0 radical (unpaired) electrons. The Labute approximate surface area is 221 Å². The molecule has 1 fully saturated rings. The Bertz CT molecular complexity index is 1220. The summed E-state index contributed by atoms with van der Waals surface area (Å²) in [6.45, 7) is 0.439. The summed E-state index contributed by atoms with van der Waals surface area (Å²) in [6, 6.07) is 19.1. The summed E-state index contributed by atoms with van der Waals surface area (Å²) in [5.74, 6) is 1.27. The van der Waals surface area contributed by atoms with Gasteiger partial charge in [-0.2, -0.15) is 0 Å². The van der Waals surface area contributed by atoms with Crippen molar-refractivity contribution in [3.63, 3.8) is 0 Å². The fourth-order valence-corrected chi connectivity index (χ4v) is 5.50. The van der Waals surface area contributed by atoms with Gasteiger partial charge >= 0.3 is 0 Å². The Balaban J connectivity index is 1.48. The molecule has 0 unspecified atom stereocenters. The van der Waals surface area contributed by atoms with Gasteiger partial charge in [0.25, 0.3) is 5.91 Å². The van der Waals surface area contributed by atoms with Gasteiger partial charge in [-0.3, -0.25) is 4.79 Å². The van der Waals surface area contributed by atoms with Crippen molar-refractivity contribution in [3.8, 4) is 11.5 Å². The number of rotatable bonds is 6. The standard InChI is InChI=1S/C24H17Br3N2O3S/c1-31-18-8-6-17(7-9-18)28-24-29-23(30)21(33-24)12-15-10-19(26)22(20(27)11-15)32-13-14-2-4-16(25)5-3-14/h2-12H,13H2,1H3,(H,28,29,30)/b21-12+. The van der Waals surface area contributed by atoms with Crippen molar-refractivity contribution in [3.05, 3.63) is 90.1 Å². The maximum atomic E-state index is 12.4. The van der Waals surface area contributed by atoms with Crippen LogP contribution in [0.3, 0.4) is 0 Å². The van der Waals surface area contributed by atoms with Crippen molar-refractivity contribution < 1.29 is 14.3 Å². The Hall–Kier alpha value is -2.07. The fourth-order valence-electron chi connectivity index (χ4n) is 2.94. The molecule has 1 aliphatic rings. The van der Waals surface area contributed by atoms with E-state index in [9.17, 15) is 4.79 Å². The smallest absolute Gasteiger partial charge is 0.264 e. The van der Waals surface area contributed by atoms with E-state index in [2.05, 4.69) is 58.1 Å². The lowest BCUT2D eigenvalue weighted by Gasteiger charge is -2.12. The summed E-state index contributed by atoms with van der Waals surface area (Å²) in [6.07, 6.45) is 1.82. The number of aliphatic imine (C=N–C) groups is 1. The van der Waals surface area contributed by atoms with E-state index in [1.54, 1.807) is 7.11 Å². The minimum Gasteiger partial charge on any atom is -0.497 e. The van der Waals surface area contributed by atoms with Gasteiger partial charge in [0.15, 0.2) is 5.17 Å². The Morgan fingerprint density at radius 2 is 1.67 bits per heavy atom. The topological polar surface area (TPSA) is 59.9 Å². The number of ether oxygens (including phenoxy) is 2. The molecule has 168 valence electrons. The van der Waals surface area contributed by atoms with Crippen LogP contribution < -0.4 is 14.8 Å². The summed E-state index contributed by atoms with van der Waals surface area (Å²) in [5, 5.41) is 3.34. The molecule has 5 nitrogen and oxygen atoms in total. The zero-order valence-electron chi connectivity index (χ0n) is 17.3. The predicted molar refractivity (Wildman–Crippen MR) is 144 cm³/mol.